The fourth-order valence-electron chi connectivity index (χ4n) is 1.25. The second kappa shape index (κ2) is 7.38. The van der Waals surface area contributed by atoms with Gasteiger partial charge in [-0.05, 0) is 7.05 Å². The van der Waals surface area contributed by atoms with Crippen LogP contribution in [0.1, 0.15) is 0 Å². The Labute approximate surface area is 91.3 Å². The minimum absolute atomic E-state index is 0. The maximum atomic E-state index is 11.1. The van der Waals surface area contributed by atoms with Gasteiger partial charge in [0.1, 0.15) is 0 Å². The number of nitrogens with one attached hydrogen (secondary N) is 2. The van der Waals surface area contributed by atoms with Crippen LogP contribution in [0.5, 0.6) is 0 Å². The number of halogens is 2. The fraction of sp³-hybridized carbons (Fsp3) is 0.857. The van der Waals surface area contributed by atoms with Crippen molar-refractivity contribution in [2.24, 2.45) is 0 Å². The van der Waals surface area contributed by atoms with Gasteiger partial charge in [-0.2, -0.15) is 0 Å². The molecule has 0 aromatic carbocycles. The molecule has 0 aromatic heterocycles. The third kappa shape index (κ3) is 4.67. The minimum atomic E-state index is -0.0289. The molecule has 4 nitrogen and oxygen atoms in total. The van der Waals surface area contributed by atoms with Gasteiger partial charge in [-0.25, -0.2) is 0 Å². The van der Waals surface area contributed by atoms with E-state index in [4.69, 9.17) is 0 Å². The fourth-order valence-corrected chi connectivity index (χ4v) is 1.25. The third-order valence-corrected chi connectivity index (χ3v) is 1.94. The normalized spacial score (nSPS) is 22.5. The predicted octanol–water partition coefficient (Wildman–Crippen LogP) is -0.520. The van der Waals surface area contributed by atoms with Crippen LogP contribution in [-0.4, -0.2) is 50.6 Å². The number of rotatable bonds is 1. The average molecular weight is 230 g/mol. The van der Waals surface area contributed by atoms with Crippen molar-refractivity contribution >= 4 is 30.7 Å². The molecule has 0 radical (unpaired) electrons. The number of piperazine rings is 1. The molecule has 1 unspecified atom stereocenters. The summed E-state index contributed by atoms with van der Waals surface area (Å²) in [5.41, 5.74) is 0. The first kappa shape index (κ1) is 15.4. The van der Waals surface area contributed by atoms with E-state index in [1.165, 1.54) is 0 Å². The van der Waals surface area contributed by atoms with Crippen LogP contribution in [0, 0.1) is 0 Å². The zero-order valence-corrected chi connectivity index (χ0v) is 9.50. The first-order valence-electron chi connectivity index (χ1n) is 3.87. The van der Waals surface area contributed by atoms with Crippen LogP contribution in [0.2, 0.25) is 0 Å². The number of carbonyl (C=O) groups excluding carboxylic acids is 1. The Morgan fingerprint density at radius 1 is 1.54 bits per heavy atom. The highest BCUT2D eigenvalue weighted by molar-refractivity contribution is 5.85. The maximum absolute atomic E-state index is 11.1. The molecule has 1 rings (SSSR count). The van der Waals surface area contributed by atoms with E-state index in [-0.39, 0.29) is 36.8 Å². The lowest BCUT2D eigenvalue weighted by Gasteiger charge is -2.29. The van der Waals surface area contributed by atoms with Crippen LogP contribution in [-0.2, 0) is 4.79 Å². The minimum Gasteiger partial charge on any atom is -0.358 e. The van der Waals surface area contributed by atoms with Crippen LogP contribution in [0.3, 0.4) is 0 Å². The van der Waals surface area contributed by atoms with Crippen molar-refractivity contribution in [2.45, 2.75) is 6.04 Å². The molecule has 0 bridgehead atoms. The summed E-state index contributed by atoms with van der Waals surface area (Å²) in [5.74, 6) is 0.0801. The van der Waals surface area contributed by atoms with Crippen molar-refractivity contribution < 1.29 is 4.79 Å². The Kier molecular flexibility index (Phi) is 8.77. The van der Waals surface area contributed by atoms with Crippen LogP contribution in [0.4, 0.5) is 0 Å². The Morgan fingerprint density at radius 2 is 2.15 bits per heavy atom. The van der Waals surface area contributed by atoms with Crippen molar-refractivity contribution in [1.29, 1.82) is 0 Å². The van der Waals surface area contributed by atoms with Gasteiger partial charge in [-0.1, -0.05) is 0 Å². The second-order valence-corrected chi connectivity index (χ2v) is 2.88. The molecule has 1 heterocycles. The molecule has 1 aliphatic heterocycles. The van der Waals surface area contributed by atoms with Gasteiger partial charge in [0.15, 0.2) is 0 Å². The van der Waals surface area contributed by atoms with Gasteiger partial charge in [-0.15, -0.1) is 24.8 Å². The van der Waals surface area contributed by atoms with E-state index >= 15 is 0 Å². The van der Waals surface area contributed by atoms with Gasteiger partial charge in [0, 0.05) is 26.7 Å². The molecule has 80 valence electrons. The zero-order chi connectivity index (χ0) is 8.27. The SMILES string of the molecule is CNC(=O)C1CN(C)CCN1.Cl.Cl. The van der Waals surface area contributed by atoms with Crippen LogP contribution < -0.4 is 10.6 Å². The van der Waals surface area contributed by atoms with Crippen LogP contribution in [0.25, 0.3) is 0 Å². The van der Waals surface area contributed by atoms with Gasteiger partial charge < -0.3 is 15.5 Å². The molecule has 0 spiro atoms. The standard InChI is InChI=1S/C7H15N3O.2ClH/c1-8-7(11)6-5-10(2)4-3-9-6;;/h6,9H,3-5H2,1-2H3,(H,8,11);2*1H. The Bertz CT molecular complexity index is 157. The van der Waals surface area contributed by atoms with Gasteiger partial charge in [0.05, 0.1) is 6.04 Å². The van der Waals surface area contributed by atoms with Crippen molar-refractivity contribution in [1.82, 2.24) is 15.5 Å². The third-order valence-electron chi connectivity index (χ3n) is 1.94. The molecule has 13 heavy (non-hydrogen) atoms. The Morgan fingerprint density at radius 3 is 2.62 bits per heavy atom. The summed E-state index contributed by atoms with van der Waals surface area (Å²) in [6, 6.07) is -0.0289. The van der Waals surface area contributed by atoms with E-state index in [2.05, 4.69) is 15.5 Å². The lowest BCUT2D eigenvalue weighted by Crippen LogP contribution is -2.55. The number of likely N-dealkylation sites (N-methyl/N-ethyl adjacent to an activating group) is 2. The molecule has 2 N–H and O–H groups in total. The van der Waals surface area contributed by atoms with Crippen molar-refractivity contribution in [3.05, 3.63) is 0 Å². The summed E-state index contributed by atoms with van der Waals surface area (Å²) in [6.45, 7) is 2.72. The largest absolute Gasteiger partial charge is 0.358 e. The molecule has 1 atom stereocenters. The average Bonchev–Trinajstić information content (AvgIpc) is 2.03. The smallest absolute Gasteiger partial charge is 0.238 e. The van der Waals surface area contributed by atoms with Gasteiger partial charge in [0.2, 0.25) is 5.91 Å². The van der Waals surface area contributed by atoms with Crippen molar-refractivity contribution in [3.8, 4) is 0 Å². The monoisotopic (exact) mass is 229 g/mol. The molecule has 1 fully saturated rings. The van der Waals surface area contributed by atoms with Crippen molar-refractivity contribution in [3.63, 3.8) is 0 Å². The van der Waals surface area contributed by atoms with Gasteiger partial charge >= 0.3 is 0 Å². The van der Waals surface area contributed by atoms with Crippen LogP contribution >= 0.6 is 24.8 Å². The summed E-state index contributed by atoms with van der Waals surface area (Å²) in [4.78, 5) is 13.3. The highest BCUT2D eigenvalue weighted by Crippen LogP contribution is 1.94. The zero-order valence-electron chi connectivity index (χ0n) is 7.87. The summed E-state index contributed by atoms with van der Waals surface area (Å²) in [6.07, 6.45) is 0. The number of hydrogen-bond donors (Lipinski definition) is 2. The van der Waals surface area contributed by atoms with E-state index in [0.29, 0.717) is 0 Å². The second-order valence-electron chi connectivity index (χ2n) is 2.88. The number of hydrogen-bond acceptors (Lipinski definition) is 3. The molecule has 6 heteroatoms. The molecule has 1 saturated heterocycles. The number of carbonyl (C=O) groups is 1. The van der Waals surface area contributed by atoms with Gasteiger partial charge in [0.25, 0.3) is 0 Å². The number of nitrogens with zero attached hydrogens (tertiary/aromatic N) is 1. The molecular formula is C7H17Cl2N3O. The molecular weight excluding hydrogens is 213 g/mol. The molecule has 0 aliphatic carbocycles. The molecule has 0 aromatic rings. The lowest BCUT2D eigenvalue weighted by atomic mass is 10.2. The topological polar surface area (TPSA) is 44.4 Å². The molecule has 0 saturated carbocycles. The van der Waals surface area contributed by atoms with Crippen LogP contribution in [0.15, 0.2) is 0 Å². The van der Waals surface area contributed by atoms with E-state index in [1.54, 1.807) is 7.05 Å². The van der Waals surface area contributed by atoms with E-state index in [9.17, 15) is 4.79 Å². The Balaban J connectivity index is 0. The Hall–Kier alpha value is -0.0300. The summed E-state index contributed by atoms with van der Waals surface area (Å²) in [7, 11) is 3.69. The summed E-state index contributed by atoms with van der Waals surface area (Å²) < 4.78 is 0. The first-order chi connectivity index (χ1) is 5.24. The van der Waals surface area contributed by atoms with E-state index in [0.717, 1.165) is 19.6 Å². The predicted molar refractivity (Wildman–Crippen MR) is 57.9 cm³/mol. The van der Waals surface area contributed by atoms with E-state index < -0.39 is 0 Å². The quantitative estimate of drug-likeness (QED) is 0.637. The lowest BCUT2D eigenvalue weighted by molar-refractivity contribution is -0.123. The number of amides is 1. The highest BCUT2D eigenvalue weighted by atomic mass is 35.5. The van der Waals surface area contributed by atoms with Crippen molar-refractivity contribution in [2.75, 3.05) is 33.7 Å². The summed E-state index contributed by atoms with van der Waals surface area (Å²) in [5, 5.41) is 5.77. The first-order valence-corrected chi connectivity index (χ1v) is 3.87. The maximum Gasteiger partial charge on any atom is 0.238 e. The highest BCUT2D eigenvalue weighted by Gasteiger charge is 2.21. The summed E-state index contributed by atoms with van der Waals surface area (Å²) >= 11 is 0. The molecule has 1 aliphatic rings. The van der Waals surface area contributed by atoms with Gasteiger partial charge in [-0.3, -0.25) is 4.79 Å². The van der Waals surface area contributed by atoms with E-state index in [1.807, 2.05) is 7.05 Å². The molecule has 1 amide bonds.